The lowest BCUT2D eigenvalue weighted by atomic mass is 10.1. The zero-order valence-corrected chi connectivity index (χ0v) is 13.5. The Morgan fingerprint density at radius 2 is 1.50 bits per heavy atom. The normalized spacial score (nSPS) is 10.2. The summed E-state index contributed by atoms with van der Waals surface area (Å²) in [6, 6.07) is 10.3. The van der Waals surface area contributed by atoms with E-state index in [-0.39, 0.29) is 15.7 Å². The molecule has 0 heterocycles. The fourth-order valence-corrected chi connectivity index (χ4v) is 2.41. The van der Waals surface area contributed by atoms with Crippen molar-refractivity contribution in [1.82, 2.24) is 0 Å². The maximum Gasteiger partial charge on any atom is 0.314 e. The number of para-hydroxylation sites is 1. The van der Waals surface area contributed by atoms with Crippen LogP contribution in [-0.4, -0.2) is 11.8 Å². The van der Waals surface area contributed by atoms with Gasteiger partial charge in [0.25, 0.3) is 0 Å². The Balaban J connectivity index is 2.11. The van der Waals surface area contributed by atoms with E-state index in [1.807, 2.05) is 26.0 Å². The van der Waals surface area contributed by atoms with Gasteiger partial charge in [-0.05, 0) is 37.6 Å². The fourth-order valence-electron chi connectivity index (χ4n) is 1.92. The third-order valence-electron chi connectivity index (χ3n) is 3.04. The number of halogens is 2. The first-order valence-corrected chi connectivity index (χ1v) is 7.27. The quantitative estimate of drug-likeness (QED) is 0.808. The molecule has 0 saturated heterocycles. The third-order valence-corrected chi connectivity index (χ3v) is 3.67. The predicted octanol–water partition coefficient (Wildman–Crippen LogP) is 4.19. The van der Waals surface area contributed by atoms with E-state index in [1.165, 1.54) is 0 Å². The van der Waals surface area contributed by atoms with Gasteiger partial charge in [0.2, 0.25) is 0 Å². The molecule has 2 aromatic rings. The van der Waals surface area contributed by atoms with Gasteiger partial charge < -0.3 is 10.6 Å². The van der Waals surface area contributed by atoms with Gasteiger partial charge in [-0.25, -0.2) is 0 Å². The van der Waals surface area contributed by atoms with E-state index in [0.717, 1.165) is 11.1 Å². The highest BCUT2D eigenvalue weighted by Crippen LogP contribution is 2.29. The molecule has 0 atom stereocenters. The van der Waals surface area contributed by atoms with Crippen LogP contribution in [0.2, 0.25) is 10.0 Å². The summed E-state index contributed by atoms with van der Waals surface area (Å²) in [5.41, 5.74) is 2.74. The largest absolute Gasteiger partial charge is 0.318 e. The molecule has 2 N–H and O–H groups in total. The summed E-state index contributed by atoms with van der Waals surface area (Å²) < 4.78 is 0. The summed E-state index contributed by atoms with van der Waals surface area (Å²) in [6.07, 6.45) is 0. The molecule has 0 radical (unpaired) electrons. The van der Waals surface area contributed by atoms with Gasteiger partial charge in [0.05, 0.1) is 15.7 Å². The Labute approximate surface area is 138 Å². The van der Waals surface area contributed by atoms with Crippen LogP contribution in [0, 0.1) is 13.8 Å². The van der Waals surface area contributed by atoms with Crippen molar-refractivity contribution < 1.29 is 9.59 Å². The fraction of sp³-hybridized carbons (Fsp3) is 0.125. The monoisotopic (exact) mass is 336 g/mol. The highest BCUT2D eigenvalue weighted by molar-refractivity contribution is 6.46. The van der Waals surface area contributed by atoms with E-state index in [1.54, 1.807) is 24.3 Å². The summed E-state index contributed by atoms with van der Waals surface area (Å²) in [5, 5.41) is 5.50. The van der Waals surface area contributed by atoms with Crippen molar-refractivity contribution in [1.29, 1.82) is 0 Å². The zero-order valence-electron chi connectivity index (χ0n) is 12.0. The Morgan fingerprint density at radius 1 is 0.909 bits per heavy atom. The molecule has 0 spiro atoms. The number of anilines is 2. The molecule has 114 valence electrons. The summed E-state index contributed by atoms with van der Waals surface area (Å²) in [4.78, 5) is 23.9. The topological polar surface area (TPSA) is 58.2 Å². The van der Waals surface area contributed by atoms with Crippen molar-refractivity contribution in [3.8, 4) is 0 Å². The van der Waals surface area contributed by atoms with Crippen molar-refractivity contribution in [2.75, 3.05) is 10.6 Å². The minimum Gasteiger partial charge on any atom is -0.318 e. The van der Waals surface area contributed by atoms with Crippen LogP contribution in [0.1, 0.15) is 11.1 Å². The first kappa shape index (κ1) is 16.3. The lowest BCUT2D eigenvalue weighted by Crippen LogP contribution is -2.29. The molecule has 0 bridgehead atoms. The second-order valence-electron chi connectivity index (χ2n) is 4.82. The van der Waals surface area contributed by atoms with Gasteiger partial charge in [0, 0.05) is 5.69 Å². The maximum atomic E-state index is 12.0. The minimum absolute atomic E-state index is 0.214. The molecule has 6 heteroatoms. The van der Waals surface area contributed by atoms with Gasteiger partial charge in [0.1, 0.15) is 0 Å². The number of nitrogens with one attached hydrogen (secondary N) is 2. The van der Waals surface area contributed by atoms with Crippen molar-refractivity contribution >= 4 is 46.4 Å². The molecule has 2 aromatic carbocycles. The second-order valence-corrected chi connectivity index (χ2v) is 5.64. The molecule has 2 rings (SSSR count). The van der Waals surface area contributed by atoms with Gasteiger partial charge in [0.15, 0.2) is 0 Å². The van der Waals surface area contributed by atoms with Crippen LogP contribution >= 0.6 is 23.2 Å². The van der Waals surface area contributed by atoms with Crippen LogP contribution in [0.5, 0.6) is 0 Å². The van der Waals surface area contributed by atoms with Crippen LogP contribution in [-0.2, 0) is 9.59 Å². The lowest BCUT2D eigenvalue weighted by molar-refractivity contribution is -0.133. The van der Waals surface area contributed by atoms with Gasteiger partial charge in [-0.3, -0.25) is 9.59 Å². The Bertz CT molecular complexity index is 725. The summed E-state index contributed by atoms with van der Waals surface area (Å²) in [7, 11) is 0. The van der Waals surface area contributed by atoms with E-state index in [9.17, 15) is 9.59 Å². The standard InChI is InChI=1S/C16H14Cl2N2O2/c1-9-6-7-13(10(2)8-9)19-15(21)16(22)20-14-11(17)4-3-5-12(14)18/h3-8H,1-2H3,(H,19,21)(H,20,22). The zero-order chi connectivity index (χ0) is 16.3. The summed E-state index contributed by atoms with van der Waals surface area (Å²) in [6.45, 7) is 3.80. The van der Waals surface area contributed by atoms with E-state index in [4.69, 9.17) is 23.2 Å². The van der Waals surface area contributed by atoms with E-state index in [2.05, 4.69) is 10.6 Å². The number of benzene rings is 2. The predicted molar refractivity (Wildman–Crippen MR) is 89.6 cm³/mol. The van der Waals surface area contributed by atoms with Gasteiger partial charge in [-0.1, -0.05) is 47.0 Å². The Kier molecular flexibility index (Phi) is 5.06. The molecule has 0 aliphatic carbocycles. The smallest absolute Gasteiger partial charge is 0.314 e. The Morgan fingerprint density at radius 3 is 2.09 bits per heavy atom. The van der Waals surface area contributed by atoms with Crippen molar-refractivity contribution in [3.63, 3.8) is 0 Å². The number of rotatable bonds is 2. The van der Waals surface area contributed by atoms with E-state index >= 15 is 0 Å². The highest BCUT2D eigenvalue weighted by Gasteiger charge is 2.17. The molecule has 2 amide bonds. The van der Waals surface area contributed by atoms with Gasteiger partial charge in [-0.2, -0.15) is 0 Å². The molecule has 0 aromatic heterocycles. The van der Waals surface area contributed by atoms with Crippen LogP contribution < -0.4 is 10.6 Å². The van der Waals surface area contributed by atoms with Gasteiger partial charge >= 0.3 is 11.8 Å². The second kappa shape index (κ2) is 6.81. The third kappa shape index (κ3) is 3.78. The SMILES string of the molecule is Cc1ccc(NC(=O)C(=O)Nc2c(Cl)cccc2Cl)c(C)c1. The summed E-state index contributed by atoms with van der Waals surface area (Å²) in [5.74, 6) is -1.63. The van der Waals surface area contributed by atoms with Crippen LogP contribution in [0.3, 0.4) is 0 Å². The van der Waals surface area contributed by atoms with Crippen LogP contribution in [0.15, 0.2) is 36.4 Å². The molecule has 0 aliphatic rings. The van der Waals surface area contributed by atoms with Crippen molar-refractivity contribution in [2.45, 2.75) is 13.8 Å². The maximum absolute atomic E-state index is 12.0. The molecular formula is C16H14Cl2N2O2. The molecule has 22 heavy (non-hydrogen) atoms. The van der Waals surface area contributed by atoms with Crippen molar-refractivity contribution in [2.24, 2.45) is 0 Å². The average Bonchev–Trinajstić information content (AvgIpc) is 2.45. The minimum atomic E-state index is -0.838. The molecular weight excluding hydrogens is 323 g/mol. The number of hydrogen-bond donors (Lipinski definition) is 2. The summed E-state index contributed by atoms with van der Waals surface area (Å²) >= 11 is 11.9. The number of hydrogen-bond acceptors (Lipinski definition) is 2. The molecule has 4 nitrogen and oxygen atoms in total. The Hall–Kier alpha value is -2.04. The van der Waals surface area contributed by atoms with E-state index < -0.39 is 11.8 Å². The number of carbonyl (C=O) groups is 2. The molecule has 0 saturated carbocycles. The lowest BCUT2D eigenvalue weighted by Gasteiger charge is -2.11. The first-order valence-electron chi connectivity index (χ1n) is 6.52. The number of aryl methyl sites for hydroxylation is 2. The van der Waals surface area contributed by atoms with Crippen LogP contribution in [0.4, 0.5) is 11.4 Å². The average molecular weight is 337 g/mol. The van der Waals surface area contributed by atoms with E-state index in [0.29, 0.717) is 5.69 Å². The molecule has 0 unspecified atom stereocenters. The van der Waals surface area contributed by atoms with Gasteiger partial charge in [-0.15, -0.1) is 0 Å². The van der Waals surface area contributed by atoms with Crippen molar-refractivity contribution in [3.05, 3.63) is 57.6 Å². The first-order chi connectivity index (χ1) is 10.4. The number of amides is 2. The highest BCUT2D eigenvalue weighted by atomic mass is 35.5. The molecule has 0 fully saturated rings. The number of carbonyl (C=O) groups excluding carboxylic acids is 2. The molecule has 0 aliphatic heterocycles. The van der Waals surface area contributed by atoms with Crippen LogP contribution in [0.25, 0.3) is 0 Å².